The van der Waals surface area contributed by atoms with Crippen LogP contribution in [0.25, 0.3) is 0 Å². The predicted molar refractivity (Wildman–Crippen MR) is 124 cm³/mol. The third-order valence-corrected chi connectivity index (χ3v) is 6.85. The first-order valence-corrected chi connectivity index (χ1v) is 12.3. The van der Waals surface area contributed by atoms with Gasteiger partial charge >= 0.3 is 5.97 Å². The lowest BCUT2D eigenvalue weighted by Gasteiger charge is -2.18. The van der Waals surface area contributed by atoms with E-state index in [0.29, 0.717) is 12.0 Å². The second kappa shape index (κ2) is 12.7. The van der Waals surface area contributed by atoms with Crippen LogP contribution in [-0.4, -0.2) is 43.1 Å². The second-order valence-corrected chi connectivity index (χ2v) is 9.51. The second-order valence-electron chi connectivity index (χ2n) is 7.43. The quantitative estimate of drug-likeness (QED) is 0.174. The highest BCUT2D eigenvalue weighted by atomic mass is 32.2. The maximum atomic E-state index is 13.0. The standard InChI is InChI=1S/C23H30N4O5S/c1-2-32-22(29)15-14-21(33(30,31)20-9-5-6-16-26-20)27-19(28)8-4-3-7-17-10-12-18(13-11-17)23(24)25/h5-6,9-13,16,21H,2-4,7-8,14-15H2,1H3,(H3,24,25)(H,27,28). The molecule has 9 nitrogen and oxygen atoms in total. The van der Waals surface area contributed by atoms with Crippen molar-refractivity contribution in [2.75, 3.05) is 6.61 Å². The molecule has 2 aromatic rings. The van der Waals surface area contributed by atoms with Gasteiger partial charge in [-0.05, 0) is 50.3 Å². The Bertz CT molecular complexity index is 1040. The van der Waals surface area contributed by atoms with Crippen molar-refractivity contribution in [2.24, 2.45) is 5.73 Å². The van der Waals surface area contributed by atoms with E-state index >= 15 is 0 Å². The Morgan fingerprint density at radius 2 is 1.85 bits per heavy atom. The molecule has 1 unspecified atom stereocenters. The maximum absolute atomic E-state index is 13.0. The molecule has 1 heterocycles. The number of carbonyl (C=O) groups excluding carboxylic acids is 2. The SMILES string of the molecule is CCOC(=O)CCC(NC(=O)CCCCc1ccc(C(=N)N)cc1)S(=O)(=O)c1ccccn1. The van der Waals surface area contributed by atoms with Crippen LogP contribution in [0.3, 0.4) is 0 Å². The fraction of sp³-hybridized carbons (Fsp3) is 0.391. The number of nitrogen functional groups attached to an aromatic ring is 1. The summed E-state index contributed by atoms with van der Waals surface area (Å²) in [5.41, 5.74) is 7.16. The summed E-state index contributed by atoms with van der Waals surface area (Å²) < 4.78 is 30.8. The molecule has 0 aliphatic carbocycles. The molecular weight excluding hydrogens is 444 g/mol. The number of nitrogens with one attached hydrogen (secondary N) is 2. The van der Waals surface area contributed by atoms with Gasteiger partial charge in [0, 0.05) is 24.6 Å². The summed E-state index contributed by atoms with van der Waals surface area (Å²) >= 11 is 0. The molecule has 1 atom stereocenters. The smallest absolute Gasteiger partial charge is 0.305 e. The topological polar surface area (TPSA) is 152 Å². The molecule has 0 aliphatic rings. The van der Waals surface area contributed by atoms with Gasteiger partial charge in [-0.25, -0.2) is 13.4 Å². The first kappa shape index (κ1) is 26.0. The Balaban J connectivity index is 1.93. The molecule has 178 valence electrons. The molecule has 0 fully saturated rings. The zero-order valence-corrected chi connectivity index (χ0v) is 19.4. The molecule has 33 heavy (non-hydrogen) atoms. The Labute approximate surface area is 194 Å². The Hall–Kier alpha value is -3.27. The van der Waals surface area contributed by atoms with Gasteiger partial charge in [0.15, 0.2) is 5.03 Å². The van der Waals surface area contributed by atoms with Crippen LogP contribution in [0.15, 0.2) is 53.7 Å². The fourth-order valence-electron chi connectivity index (χ4n) is 3.17. The highest BCUT2D eigenvalue weighted by Gasteiger charge is 2.30. The molecule has 2 rings (SSSR count). The Morgan fingerprint density at radius 1 is 1.12 bits per heavy atom. The lowest BCUT2D eigenvalue weighted by Crippen LogP contribution is -2.41. The number of aryl methyl sites for hydroxylation is 1. The van der Waals surface area contributed by atoms with Crippen molar-refractivity contribution in [1.82, 2.24) is 10.3 Å². The van der Waals surface area contributed by atoms with Crippen LogP contribution < -0.4 is 11.1 Å². The van der Waals surface area contributed by atoms with Crippen molar-refractivity contribution in [3.63, 3.8) is 0 Å². The number of hydrogen-bond acceptors (Lipinski definition) is 7. The van der Waals surface area contributed by atoms with E-state index in [1.807, 2.05) is 12.1 Å². The van der Waals surface area contributed by atoms with Gasteiger partial charge in [0.1, 0.15) is 11.2 Å². The van der Waals surface area contributed by atoms with Gasteiger partial charge in [-0.2, -0.15) is 0 Å². The van der Waals surface area contributed by atoms with Crippen molar-refractivity contribution in [2.45, 2.75) is 55.8 Å². The zero-order chi connectivity index (χ0) is 24.3. The minimum Gasteiger partial charge on any atom is -0.466 e. The molecule has 0 saturated heterocycles. The number of sulfone groups is 1. The van der Waals surface area contributed by atoms with Crippen molar-refractivity contribution >= 4 is 27.5 Å². The number of amides is 1. The number of esters is 1. The monoisotopic (exact) mass is 474 g/mol. The summed E-state index contributed by atoms with van der Waals surface area (Å²) in [7, 11) is -3.97. The van der Waals surface area contributed by atoms with Crippen LogP contribution >= 0.6 is 0 Å². The molecule has 1 aromatic heterocycles. The average molecular weight is 475 g/mol. The molecule has 1 aromatic carbocycles. The molecule has 4 N–H and O–H groups in total. The first-order chi connectivity index (χ1) is 15.7. The van der Waals surface area contributed by atoms with Gasteiger partial charge in [0.25, 0.3) is 0 Å². The number of nitrogens with two attached hydrogens (primary N) is 1. The van der Waals surface area contributed by atoms with Gasteiger partial charge in [-0.3, -0.25) is 15.0 Å². The number of nitrogens with zero attached hydrogens (tertiary/aromatic N) is 1. The minimum absolute atomic E-state index is 0.0105. The number of carbonyl (C=O) groups is 2. The van der Waals surface area contributed by atoms with Crippen molar-refractivity contribution in [3.8, 4) is 0 Å². The summed E-state index contributed by atoms with van der Waals surface area (Å²) in [5.74, 6) is -0.921. The molecule has 1 amide bonds. The van der Waals surface area contributed by atoms with E-state index in [0.717, 1.165) is 18.4 Å². The van der Waals surface area contributed by atoms with Crippen molar-refractivity contribution in [1.29, 1.82) is 5.41 Å². The number of aromatic nitrogens is 1. The highest BCUT2D eigenvalue weighted by Crippen LogP contribution is 2.17. The first-order valence-electron chi connectivity index (χ1n) is 10.8. The summed E-state index contributed by atoms with van der Waals surface area (Å²) in [6, 6.07) is 11.8. The molecular formula is C23H30N4O5S. The van der Waals surface area contributed by atoms with E-state index in [1.54, 1.807) is 31.2 Å². The van der Waals surface area contributed by atoms with Crippen LogP contribution in [0.4, 0.5) is 0 Å². The molecule has 0 radical (unpaired) electrons. The Kier molecular flexibility index (Phi) is 9.99. The van der Waals surface area contributed by atoms with E-state index in [9.17, 15) is 18.0 Å². The summed E-state index contributed by atoms with van der Waals surface area (Å²) in [5, 5.41) is 8.54. The van der Waals surface area contributed by atoms with Gasteiger partial charge in [-0.1, -0.05) is 30.3 Å². The van der Waals surface area contributed by atoms with Crippen LogP contribution in [0.5, 0.6) is 0 Å². The Morgan fingerprint density at radius 3 is 2.45 bits per heavy atom. The largest absolute Gasteiger partial charge is 0.466 e. The van der Waals surface area contributed by atoms with Gasteiger partial charge in [0.2, 0.25) is 15.7 Å². The van der Waals surface area contributed by atoms with Gasteiger partial charge in [-0.15, -0.1) is 0 Å². The van der Waals surface area contributed by atoms with Gasteiger partial charge < -0.3 is 15.8 Å². The molecule has 0 aliphatic heterocycles. The third kappa shape index (κ3) is 8.30. The average Bonchev–Trinajstić information content (AvgIpc) is 2.80. The number of hydrogen-bond donors (Lipinski definition) is 3. The van der Waals surface area contributed by atoms with Crippen molar-refractivity contribution in [3.05, 3.63) is 59.8 Å². The summed E-state index contributed by atoms with van der Waals surface area (Å²) in [4.78, 5) is 28.1. The van der Waals surface area contributed by atoms with Crippen molar-refractivity contribution < 1.29 is 22.7 Å². The van der Waals surface area contributed by atoms with Crippen LogP contribution in [0.2, 0.25) is 0 Å². The van der Waals surface area contributed by atoms with Gasteiger partial charge in [0.05, 0.1) is 6.61 Å². The third-order valence-electron chi connectivity index (χ3n) is 4.93. The maximum Gasteiger partial charge on any atom is 0.305 e. The number of ether oxygens (including phenoxy) is 1. The summed E-state index contributed by atoms with van der Waals surface area (Å²) in [6.45, 7) is 1.86. The van der Waals surface area contributed by atoms with E-state index in [1.165, 1.54) is 12.3 Å². The van der Waals surface area contributed by atoms with Crippen LogP contribution in [0, 0.1) is 5.41 Å². The number of benzene rings is 1. The highest BCUT2D eigenvalue weighted by molar-refractivity contribution is 7.92. The van der Waals surface area contributed by atoms with Crippen LogP contribution in [0.1, 0.15) is 50.2 Å². The van der Waals surface area contributed by atoms with E-state index in [4.69, 9.17) is 15.9 Å². The lowest BCUT2D eigenvalue weighted by molar-refractivity contribution is -0.143. The fourth-order valence-corrected chi connectivity index (χ4v) is 4.65. The zero-order valence-electron chi connectivity index (χ0n) is 18.6. The number of amidine groups is 1. The molecule has 10 heteroatoms. The lowest BCUT2D eigenvalue weighted by atomic mass is 10.0. The molecule has 0 saturated carbocycles. The van der Waals surface area contributed by atoms with Crippen LogP contribution in [-0.2, 0) is 30.6 Å². The minimum atomic E-state index is -3.97. The number of unbranched alkanes of at least 4 members (excludes halogenated alkanes) is 1. The van der Waals surface area contributed by atoms with E-state index in [2.05, 4.69) is 10.3 Å². The number of rotatable bonds is 13. The molecule has 0 bridgehead atoms. The summed E-state index contributed by atoms with van der Waals surface area (Å²) in [6.07, 6.45) is 3.30. The molecule has 0 spiro atoms. The normalized spacial score (nSPS) is 12.0. The number of pyridine rings is 1. The van der Waals surface area contributed by atoms with E-state index in [-0.39, 0.29) is 36.7 Å². The predicted octanol–water partition coefficient (Wildman–Crippen LogP) is 2.34. The van der Waals surface area contributed by atoms with E-state index < -0.39 is 27.1 Å².